The summed E-state index contributed by atoms with van der Waals surface area (Å²) in [5.74, 6) is -0.586. The SMILES string of the molecule is CCC(CC(=O)O)NC(=O)Cn1nnc(-c2ccco2)n1. The predicted octanol–water partition coefficient (Wildman–Crippen LogP) is 0.303. The summed E-state index contributed by atoms with van der Waals surface area (Å²) in [6.45, 7) is 1.67. The average molecular weight is 293 g/mol. The van der Waals surface area contributed by atoms with Gasteiger partial charge in [0.05, 0.1) is 12.7 Å². The number of nitrogens with one attached hydrogen (secondary N) is 1. The summed E-state index contributed by atoms with van der Waals surface area (Å²) in [7, 11) is 0. The largest absolute Gasteiger partial charge is 0.481 e. The number of aliphatic carboxylic acids is 1. The van der Waals surface area contributed by atoms with Crippen molar-refractivity contribution in [2.24, 2.45) is 0 Å². The van der Waals surface area contributed by atoms with Gasteiger partial charge in [0.2, 0.25) is 11.7 Å². The lowest BCUT2D eigenvalue weighted by molar-refractivity contribution is -0.137. The lowest BCUT2D eigenvalue weighted by Crippen LogP contribution is -2.38. The number of hydrogen-bond donors (Lipinski definition) is 2. The maximum Gasteiger partial charge on any atom is 0.305 e. The van der Waals surface area contributed by atoms with E-state index in [1.165, 1.54) is 6.26 Å². The van der Waals surface area contributed by atoms with Gasteiger partial charge >= 0.3 is 5.97 Å². The Balaban J connectivity index is 1.92. The smallest absolute Gasteiger partial charge is 0.305 e. The molecule has 2 aromatic rings. The molecule has 0 aliphatic carbocycles. The molecule has 2 aromatic heterocycles. The summed E-state index contributed by atoms with van der Waals surface area (Å²) >= 11 is 0. The first kappa shape index (κ1) is 14.7. The zero-order valence-corrected chi connectivity index (χ0v) is 11.4. The van der Waals surface area contributed by atoms with Crippen molar-refractivity contribution >= 4 is 11.9 Å². The summed E-state index contributed by atoms with van der Waals surface area (Å²) in [6.07, 6.45) is 1.89. The molecule has 9 nitrogen and oxygen atoms in total. The molecule has 0 aliphatic rings. The van der Waals surface area contributed by atoms with Gasteiger partial charge in [-0.15, -0.1) is 10.2 Å². The minimum atomic E-state index is -0.957. The van der Waals surface area contributed by atoms with Crippen molar-refractivity contribution in [2.45, 2.75) is 32.4 Å². The highest BCUT2D eigenvalue weighted by Gasteiger charge is 2.16. The highest BCUT2D eigenvalue weighted by molar-refractivity contribution is 5.77. The van der Waals surface area contributed by atoms with Crippen LogP contribution in [0.25, 0.3) is 11.6 Å². The van der Waals surface area contributed by atoms with Gasteiger partial charge in [-0.2, -0.15) is 4.80 Å². The summed E-state index contributed by atoms with van der Waals surface area (Å²) in [6, 6.07) is 2.96. The van der Waals surface area contributed by atoms with Crippen LogP contribution < -0.4 is 5.32 Å². The van der Waals surface area contributed by atoms with Crippen molar-refractivity contribution in [1.82, 2.24) is 25.5 Å². The number of aromatic nitrogens is 4. The van der Waals surface area contributed by atoms with E-state index in [-0.39, 0.29) is 24.7 Å². The van der Waals surface area contributed by atoms with Crippen LogP contribution in [0.1, 0.15) is 19.8 Å². The highest BCUT2D eigenvalue weighted by atomic mass is 16.4. The van der Waals surface area contributed by atoms with Gasteiger partial charge in [0.1, 0.15) is 6.54 Å². The standard InChI is InChI=1S/C12H15N5O4/c1-2-8(6-11(19)20)13-10(18)7-17-15-12(14-16-17)9-4-3-5-21-9/h3-5,8H,2,6-7H2,1H3,(H,13,18)(H,19,20). The first-order chi connectivity index (χ1) is 10.1. The van der Waals surface area contributed by atoms with Crippen LogP contribution in [0.3, 0.4) is 0 Å². The second-order valence-corrected chi connectivity index (χ2v) is 4.39. The highest BCUT2D eigenvalue weighted by Crippen LogP contribution is 2.12. The number of carboxylic acid groups (broad SMARTS) is 1. The second kappa shape index (κ2) is 6.64. The summed E-state index contributed by atoms with van der Waals surface area (Å²) in [5, 5.41) is 22.9. The molecule has 0 radical (unpaired) electrons. The van der Waals surface area contributed by atoms with Crippen molar-refractivity contribution in [2.75, 3.05) is 0 Å². The average Bonchev–Trinajstić information content (AvgIpc) is 3.07. The van der Waals surface area contributed by atoms with Gasteiger partial charge in [0.15, 0.2) is 5.76 Å². The Morgan fingerprint density at radius 1 is 1.52 bits per heavy atom. The van der Waals surface area contributed by atoms with E-state index in [2.05, 4.69) is 20.7 Å². The molecule has 0 spiro atoms. The third kappa shape index (κ3) is 4.13. The lowest BCUT2D eigenvalue weighted by Gasteiger charge is -2.14. The van der Waals surface area contributed by atoms with Crippen LogP contribution >= 0.6 is 0 Å². The minimum Gasteiger partial charge on any atom is -0.481 e. The fourth-order valence-electron chi connectivity index (χ4n) is 1.72. The van der Waals surface area contributed by atoms with E-state index < -0.39 is 12.0 Å². The van der Waals surface area contributed by atoms with Crippen LogP contribution in [-0.2, 0) is 16.1 Å². The third-order valence-electron chi connectivity index (χ3n) is 2.76. The predicted molar refractivity (Wildman–Crippen MR) is 70.0 cm³/mol. The molecule has 1 unspecified atom stereocenters. The molecule has 0 bridgehead atoms. The summed E-state index contributed by atoms with van der Waals surface area (Å²) in [4.78, 5) is 23.6. The zero-order valence-electron chi connectivity index (χ0n) is 11.4. The van der Waals surface area contributed by atoms with Gasteiger partial charge in [0, 0.05) is 6.04 Å². The van der Waals surface area contributed by atoms with Crippen LogP contribution in [0.4, 0.5) is 0 Å². The zero-order chi connectivity index (χ0) is 15.2. The van der Waals surface area contributed by atoms with Gasteiger partial charge in [-0.3, -0.25) is 9.59 Å². The van der Waals surface area contributed by atoms with E-state index in [0.29, 0.717) is 12.2 Å². The van der Waals surface area contributed by atoms with Crippen molar-refractivity contribution in [3.05, 3.63) is 18.4 Å². The number of nitrogens with zero attached hydrogens (tertiary/aromatic N) is 4. The number of carbonyl (C=O) groups excluding carboxylic acids is 1. The minimum absolute atomic E-state index is 0.120. The van der Waals surface area contributed by atoms with Crippen molar-refractivity contribution in [3.63, 3.8) is 0 Å². The Kier molecular flexibility index (Phi) is 4.64. The number of tetrazole rings is 1. The number of furan rings is 1. The van der Waals surface area contributed by atoms with Gasteiger partial charge in [-0.1, -0.05) is 6.92 Å². The molecular formula is C12H15N5O4. The molecular weight excluding hydrogens is 278 g/mol. The molecule has 1 atom stereocenters. The number of amides is 1. The summed E-state index contributed by atoms with van der Waals surface area (Å²) in [5.41, 5.74) is 0. The van der Waals surface area contributed by atoms with Crippen molar-refractivity contribution in [1.29, 1.82) is 0 Å². The fourth-order valence-corrected chi connectivity index (χ4v) is 1.72. The van der Waals surface area contributed by atoms with Crippen molar-refractivity contribution in [3.8, 4) is 11.6 Å². The lowest BCUT2D eigenvalue weighted by atomic mass is 10.1. The van der Waals surface area contributed by atoms with Gasteiger partial charge < -0.3 is 14.8 Å². The molecule has 0 saturated carbocycles. The van der Waals surface area contributed by atoms with Crippen LogP contribution in [0, 0.1) is 0 Å². The molecule has 9 heteroatoms. The number of rotatable bonds is 7. The van der Waals surface area contributed by atoms with E-state index in [1.54, 1.807) is 19.1 Å². The second-order valence-electron chi connectivity index (χ2n) is 4.39. The molecule has 2 heterocycles. The number of hydrogen-bond acceptors (Lipinski definition) is 6. The molecule has 0 aliphatic heterocycles. The van der Waals surface area contributed by atoms with Crippen molar-refractivity contribution < 1.29 is 19.1 Å². The normalized spacial score (nSPS) is 12.0. The van der Waals surface area contributed by atoms with Gasteiger partial charge in [-0.05, 0) is 23.8 Å². The van der Waals surface area contributed by atoms with E-state index in [1.807, 2.05) is 0 Å². The molecule has 0 saturated heterocycles. The monoisotopic (exact) mass is 293 g/mol. The fraction of sp³-hybridized carbons (Fsp3) is 0.417. The van der Waals surface area contributed by atoms with E-state index in [4.69, 9.17) is 9.52 Å². The first-order valence-electron chi connectivity index (χ1n) is 6.41. The van der Waals surface area contributed by atoms with E-state index >= 15 is 0 Å². The Hall–Kier alpha value is -2.71. The maximum absolute atomic E-state index is 11.8. The van der Waals surface area contributed by atoms with Crippen LogP contribution in [0.5, 0.6) is 0 Å². The molecule has 21 heavy (non-hydrogen) atoms. The molecule has 112 valence electrons. The topological polar surface area (TPSA) is 123 Å². The molecule has 0 aromatic carbocycles. The van der Waals surface area contributed by atoms with Gasteiger partial charge in [-0.25, -0.2) is 0 Å². The Morgan fingerprint density at radius 3 is 2.95 bits per heavy atom. The van der Waals surface area contributed by atoms with E-state index in [0.717, 1.165) is 4.80 Å². The third-order valence-corrected chi connectivity index (χ3v) is 2.76. The Morgan fingerprint density at radius 2 is 2.33 bits per heavy atom. The van der Waals surface area contributed by atoms with Crippen LogP contribution in [0.2, 0.25) is 0 Å². The van der Waals surface area contributed by atoms with Crippen LogP contribution in [-0.4, -0.2) is 43.2 Å². The molecule has 0 fully saturated rings. The number of carbonyl (C=O) groups is 2. The first-order valence-corrected chi connectivity index (χ1v) is 6.41. The van der Waals surface area contributed by atoms with Gasteiger partial charge in [0.25, 0.3) is 0 Å². The summed E-state index contributed by atoms with van der Waals surface area (Å²) < 4.78 is 5.12. The number of carboxylic acids is 1. The Bertz CT molecular complexity index is 607. The molecule has 2 rings (SSSR count). The maximum atomic E-state index is 11.8. The molecule has 1 amide bonds. The molecule has 2 N–H and O–H groups in total. The quantitative estimate of drug-likeness (QED) is 0.752. The van der Waals surface area contributed by atoms with Crippen LogP contribution in [0.15, 0.2) is 22.8 Å². The Labute approximate surface area is 119 Å². The van der Waals surface area contributed by atoms with E-state index in [9.17, 15) is 9.59 Å².